The average Bonchev–Trinajstić information content (AvgIpc) is 2.30. The molecule has 0 amide bonds. The van der Waals surface area contributed by atoms with E-state index in [2.05, 4.69) is 15.9 Å². The molecule has 15 heavy (non-hydrogen) atoms. The first-order chi connectivity index (χ1) is 7.27. The fourth-order valence-corrected chi connectivity index (χ4v) is 3.18. The second-order valence-electron chi connectivity index (χ2n) is 4.35. The molecule has 0 aliphatic heterocycles. The monoisotopic (exact) mass is 270 g/mol. The lowest BCUT2D eigenvalue weighted by atomic mass is 9.85. The number of hydrogen-bond donors (Lipinski definition) is 0. The van der Waals surface area contributed by atoms with E-state index >= 15 is 0 Å². The highest BCUT2D eigenvalue weighted by Crippen LogP contribution is 2.39. The molecule has 0 bridgehead atoms. The molecule has 82 valence electrons. The van der Waals surface area contributed by atoms with Gasteiger partial charge in [0.25, 0.3) is 0 Å². The van der Waals surface area contributed by atoms with Gasteiger partial charge < -0.3 is 0 Å². The van der Waals surface area contributed by atoms with Crippen LogP contribution >= 0.6 is 15.9 Å². The quantitative estimate of drug-likeness (QED) is 0.675. The molecule has 0 radical (unpaired) electrons. The van der Waals surface area contributed by atoms with E-state index in [0.717, 1.165) is 5.92 Å². The molecule has 1 aromatic rings. The Morgan fingerprint density at radius 3 is 2.27 bits per heavy atom. The third-order valence-corrected chi connectivity index (χ3v) is 4.53. The summed E-state index contributed by atoms with van der Waals surface area (Å²) in [6.07, 6.45) is 6.65. The molecule has 1 fully saturated rings. The maximum Gasteiger partial charge on any atom is 0.123 e. The molecule has 0 saturated heterocycles. The summed E-state index contributed by atoms with van der Waals surface area (Å²) in [5, 5.41) is 0. The van der Waals surface area contributed by atoms with Crippen molar-refractivity contribution in [3.63, 3.8) is 0 Å². The fourth-order valence-electron chi connectivity index (χ4n) is 2.35. The lowest BCUT2D eigenvalue weighted by Gasteiger charge is -2.26. The maximum atomic E-state index is 12.8. The van der Waals surface area contributed by atoms with Gasteiger partial charge in [0.2, 0.25) is 0 Å². The SMILES string of the molecule is Fc1ccc(C(Br)C2CCCCC2)cc1. The molecule has 0 heterocycles. The molecule has 1 aliphatic carbocycles. The van der Waals surface area contributed by atoms with E-state index in [1.165, 1.54) is 37.7 Å². The van der Waals surface area contributed by atoms with Crippen molar-refractivity contribution < 1.29 is 4.39 Å². The number of hydrogen-bond acceptors (Lipinski definition) is 0. The Balaban J connectivity index is 2.05. The van der Waals surface area contributed by atoms with Crippen LogP contribution in [0.3, 0.4) is 0 Å². The van der Waals surface area contributed by atoms with Gasteiger partial charge in [0.15, 0.2) is 0 Å². The molecular formula is C13H16BrF. The lowest BCUT2D eigenvalue weighted by molar-refractivity contribution is 0.354. The lowest BCUT2D eigenvalue weighted by Crippen LogP contribution is -2.11. The van der Waals surface area contributed by atoms with Crippen LogP contribution in [0.2, 0.25) is 0 Å². The Morgan fingerprint density at radius 2 is 1.67 bits per heavy atom. The van der Waals surface area contributed by atoms with Gasteiger partial charge in [0.1, 0.15) is 5.82 Å². The van der Waals surface area contributed by atoms with Crippen molar-refractivity contribution in [1.29, 1.82) is 0 Å². The normalized spacial score (nSPS) is 20.1. The van der Waals surface area contributed by atoms with Crippen molar-refractivity contribution in [3.8, 4) is 0 Å². The summed E-state index contributed by atoms with van der Waals surface area (Å²) < 4.78 is 12.8. The summed E-state index contributed by atoms with van der Waals surface area (Å²) in [6.45, 7) is 0. The van der Waals surface area contributed by atoms with Gasteiger partial charge in [-0.1, -0.05) is 47.3 Å². The summed E-state index contributed by atoms with van der Waals surface area (Å²) in [6, 6.07) is 6.88. The van der Waals surface area contributed by atoms with Crippen LogP contribution in [0.15, 0.2) is 24.3 Å². The van der Waals surface area contributed by atoms with Crippen molar-refractivity contribution >= 4 is 15.9 Å². The zero-order valence-electron chi connectivity index (χ0n) is 8.76. The van der Waals surface area contributed by atoms with Gasteiger partial charge in [-0.3, -0.25) is 0 Å². The molecule has 1 unspecified atom stereocenters. The topological polar surface area (TPSA) is 0 Å². The fraction of sp³-hybridized carbons (Fsp3) is 0.538. The second-order valence-corrected chi connectivity index (χ2v) is 5.34. The molecule has 0 N–H and O–H groups in total. The van der Waals surface area contributed by atoms with E-state index in [0.29, 0.717) is 4.83 Å². The minimum Gasteiger partial charge on any atom is -0.207 e. The van der Waals surface area contributed by atoms with Gasteiger partial charge in [-0.05, 0) is 36.5 Å². The minimum absolute atomic E-state index is 0.151. The van der Waals surface area contributed by atoms with Crippen LogP contribution in [0, 0.1) is 11.7 Å². The van der Waals surface area contributed by atoms with Crippen molar-refractivity contribution in [2.45, 2.75) is 36.9 Å². The Kier molecular flexibility index (Phi) is 3.79. The first-order valence-corrected chi connectivity index (χ1v) is 6.58. The molecular weight excluding hydrogens is 255 g/mol. The highest BCUT2D eigenvalue weighted by molar-refractivity contribution is 9.09. The van der Waals surface area contributed by atoms with Crippen LogP contribution in [0.1, 0.15) is 42.5 Å². The van der Waals surface area contributed by atoms with Gasteiger partial charge in [-0.2, -0.15) is 0 Å². The molecule has 1 atom stereocenters. The molecule has 0 spiro atoms. The van der Waals surface area contributed by atoms with Crippen molar-refractivity contribution in [2.24, 2.45) is 5.92 Å². The molecule has 0 nitrogen and oxygen atoms in total. The van der Waals surface area contributed by atoms with Gasteiger partial charge in [-0.25, -0.2) is 4.39 Å². The van der Waals surface area contributed by atoms with Crippen LogP contribution in [-0.2, 0) is 0 Å². The highest BCUT2D eigenvalue weighted by atomic mass is 79.9. The number of alkyl halides is 1. The van der Waals surface area contributed by atoms with E-state index in [1.807, 2.05) is 12.1 Å². The number of rotatable bonds is 2. The van der Waals surface area contributed by atoms with Gasteiger partial charge in [0.05, 0.1) is 0 Å². The molecule has 0 aromatic heterocycles. The highest BCUT2D eigenvalue weighted by Gasteiger charge is 2.22. The maximum absolute atomic E-state index is 12.8. The summed E-state index contributed by atoms with van der Waals surface area (Å²) in [4.78, 5) is 0.401. The molecule has 2 rings (SSSR count). The van der Waals surface area contributed by atoms with Gasteiger partial charge in [-0.15, -0.1) is 0 Å². The Bertz CT molecular complexity index is 301. The molecule has 1 aromatic carbocycles. The average molecular weight is 271 g/mol. The number of benzene rings is 1. The zero-order chi connectivity index (χ0) is 10.7. The predicted octanol–water partition coefficient (Wildman–Crippen LogP) is 4.84. The van der Waals surface area contributed by atoms with Crippen molar-refractivity contribution in [1.82, 2.24) is 0 Å². The van der Waals surface area contributed by atoms with E-state index in [1.54, 1.807) is 12.1 Å². The first-order valence-electron chi connectivity index (χ1n) is 5.67. The van der Waals surface area contributed by atoms with Gasteiger partial charge in [0, 0.05) is 4.83 Å². The Hall–Kier alpha value is -0.370. The number of halogens is 2. The van der Waals surface area contributed by atoms with Crippen molar-refractivity contribution in [2.75, 3.05) is 0 Å². The first kappa shape index (κ1) is 11.1. The van der Waals surface area contributed by atoms with E-state index in [-0.39, 0.29) is 5.82 Å². The zero-order valence-corrected chi connectivity index (χ0v) is 10.3. The minimum atomic E-state index is -0.151. The predicted molar refractivity (Wildman–Crippen MR) is 64.6 cm³/mol. The summed E-state index contributed by atoms with van der Waals surface area (Å²) in [5.41, 5.74) is 1.21. The third kappa shape index (κ3) is 2.81. The largest absolute Gasteiger partial charge is 0.207 e. The smallest absolute Gasteiger partial charge is 0.123 e. The van der Waals surface area contributed by atoms with Gasteiger partial charge >= 0.3 is 0 Å². The molecule has 2 heteroatoms. The third-order valence-electron chi connectivity index (χ3n) is 3.25. The van der Waals surface area contributed by atoms with Crippen molar-refractivity contribution in [3.05, 3.63) is 35.6 Å². The van der Waals surface area contributed by atoms with E-state index < -0.39 is 0 Å². The Morgan fingerprint density at radius 1 is 1.07 bits per heavy atom. The van der Waals surface area contributed by atoms with E-state index in [4.69, 9.17) is 0 Å². The molecule has 1 aliphatic rings. The summed E-state index contributed by atoms with van der Waals surface area (Å²) >= 11 is 3.75. The summed E-state index contributed by atoms with van der Waals surface area (Å²) in [7, 11) is 0. The Labute approximate surface area is 99.0 Å². The van der Waals surface area contributed by atoms with Crippen LogP contribution in [0.25, 0.3) is 0 Å². The second kappa shape index (κ2) is 5.11. The van der Waals surface area contributed by atoms with Crippen LogP contribution in [0.5, 0.6) is 0 Å². The van der Waals surface area contributed by atoms with Crippen LogP contribution in [0.4, 0.5) is 4.39 Å². The summed E-state index contributed by atoms with van der Waals surface area (Å²) in [5.74, 6) is 0.575. The molecule has 1 saturated carbocycles. The van der Waals surface area contributed by atoms with Crippen LogP contribution < -0.4 is 0 Å². The standard InChI is InChI=1S/C13H16BrF/c14-13(10-4-2-1-3-5-10)11-6-8-12(15)9-7-11/h6-10,13H,1-5H2. The van der Waals surface area contributed by atoms with Crippen LogP contribution in [-0.4, -0.2) is 0 Å². The van der Waals surface area contributed by atoms with E-state index in [9.17, 15) is 4.39 Å².